The number of hydrogen-bond donors (Lipinski definition) is 2. The molecular formula is C27H32N2O5. The van der Waals surface area contributed by atoms with Gasteiger partial charge < -0.3 is 20.1 Å². The summed E-state index contributed by atoms with van der Waals surface area (Å²) in [4.78, 5) is 37.5. The van der Waals surface area contributed by atoms with E-state index in [-0.39, 0.29) is 25.0 Å². The van der Waals surface area contributed by atoms with Crippen LogP contribution < -0.4 is 5.32 Å². The first-order valence-corrected chi connectivity index (χ1v) is 12.1. The molecule has 4 rings (SSSR count). The van der Waals surface area contributed by atoms with Crippen molar-refractivity contribution in [2.24, 2.45) is 0 Å². The number of fused-ring (bicyclic) bond motifs is 3. The molecule has 0 saturated heterocycles. The van der Waals surface area contributed by atoms with E-state index in [9.17, 15) is 19.5 Å². The van der Waals surface area contributed by atoms with Crippen LogP contribution in [-0.2, 0) is 14.3 Å². The molecule has 180 valence electrons. The predicted molar refractivity (Wildman–Crippen MR) is 129 cm³/mol. The van der Waals surface area contributed by atoms with Crippen molar-refractivity contribution in [2.45, 2.75) is 62.9 Å². The zero-order valence-corrected chi connectivity index (χ0v) is 19.3. The van der Waals surface area contributed by atoms with E-state index in [0.29, 0.717) is 13.0 Å². The Balaban J connectivity index is 1.30. The molecule has 0 unspecified atom stereocenters. The third-order valence-corrected chi connectivity index (χ3v) is 7.02. The molecule has 2 aromatic carbocycles. The Morgan fingerprint density at radius 1 is 1.03 bits per heavy atom. The Bertz CT molecular complexity index is 972. The van der Waals surface area contributed by atoms with Gasteiger partial charge in [0.2, 0.25) is 6.41 Å². The number of alkyl carbamates (subject to hydrolysis) is 1. The topological polar surface area (TPSA) is 95.9 Å². The van der Waals surface area contributed by atoms with Crippen molar-refractivity contribution in [3.63, 3.8) is 0 Å². The van der Waals surface area contributed by atoms with Crippen LogP contribution in [-0.4, -0.2) is 53.7 Å². The quantitative estimate of drug-likeness (QED) is 0.503. The Hall–Kier alpha value is -3.35. The molecule has 0 aromatic heterocycles. The van der Waals surface area contributed by atoms with Gasteiger partial charge in [0.1, 0.15) is 12.6 Å². The Morgan fingerprint density at radius 3 is 2.24 bits per heavy atom. The van der Waals surface area contributed by atoms with Gasteiger partial charge in [-0.3, -0.25) is 4.79 Å². The molecule has 7 nitrogen and oxygen atoms in total. The van der Waals surface area contributed by atoms with Gasteiger partial charge in [0.25, 0.3) is 0 Å². The number of hydrogen-bond acceptors (Lipinski definition) is 4. The molecule has 2 N–H and O–H groups in total. The maximum Gasteiger partial charge on any atom is 0.407 e. The zero-order valence-electron chi connectivity index (χ0n) is 19.3. The number of carboxylic acids is 1. The maximum atomic E-state index is 12.5. The second-order valence-electron chi connectivity index (χ2n) is 9.14. The van der Waals surface area contributed by atoms with Crippen molar-refractivity contribution in [3.8, 4) is 11.1 Å². The maximum absolute atomic E-state index is 12.5. The lowest BCUT2D eigenvalue weighted by Gasteiger charge is -2.31. The minimum atomic E-state index is -1.11. The standard InChI is InChI=1S/C27H32N2O5/c30-18-29(19-9-2-1-3-10-19)16-8-15-25(26(31)32)28-27(33)34-17-24-22-13-6-4-11-20(22)21-12-5-7-14-23(21)24/h4-7,11-14,18-19,24-25H,1-3,8-10,15-17H2,(H,28,33)(H,31,32)/t25-/m0/s1. The highest BCUT2D eigenvalue weighted by molar-refractivity contribution is 5.81. The van der Waals surface area contributed by atoms with Crippen LogP contribution in [0, 0.1) is 0 Å². The molecule has 2 aliphatic rings. The smallest absolute Gasteiger partial charge is 0.407 e. The number of amides is 2. The normalized spacial score (nSPS) is 16.2. The van der Waals surface area contributed by atoms with E-state index in [1.165, 1.54) is 6.42 Å². The van der Waals surface area contributed by atoms with Gasteiger partial charge in [0.05, 0.1) is 0 Å². The van der Waals surface area contributed by atoms with E-state index in [2.05, 4.69) is 17.4 Å². The van der Waals surface area contributed by atoms with E-state index >= 15 is 0 Å². The molecule has 7 heteroatoms. The lowest BCUT2D eigenvalue weighted by molar-refractivity contribution is -0.139. The molecule has 0 radical (unpaired) electrons. The predicted octanol–water partition coefficient (Wildman–Crippen LogP) is 4.55. The SMILES string of the molecule is O=CN(CCC[C@H](NC(=O)OCC1c2ccccc2-c2ccccc21)C(=O)O)C1CCCCC1. The molecule has 0 spiro atoms. The summed E-state index contributed by atoms with van der Waals surface area (Å²) in [5.41, 5.74) is 4.47. The first-order valence-electron chi connectivity index (χ1n) is 12.1. The average molecular weight is 465 g/mol. The van der Waals surface area contributed by atoms with Crippen LogP contribution in [0.4, 0.5) is 4.79 Å². The van der Waals surface area contributed by atoms with Crippen LogP contribution in [0.15, 0.2) is 48.5 Å². The number of aliphatic carboxylic acids is 1. The first kappa shape index (κ1) is 23.8. The summed E-state index contributed by atoms with van der Waals surface area (Å²) in [6.07, 6.45) is 6.30. The van der Waals surface area contributed by atoms with Gasteiger partial charge in [-0.1, -0.05) is 67.8 Å². The molecule has 2 aliphatic carbocycles. The Labute approximate surface area is 200 Å². The van der Waals surface area contributed by atoms with Gasteiger partial charge >= 0.3 is 12.1 Å². The van der Waals surface area contributed by atoms with Gasteiger partial charge in [0, 0.05) is 18.5 Å². The molecule has 0 bridgehead atoms. The van der Waals surface area contributed by atoms with Crippen LogP contribution in [0.5, 0.6) is 0 Å². The highest BCUT2D eigenvalue weighted by atomic mass is 16.5. The summed E-state index contributed by atoms with van der Waals surface area (Å²) < 4.78 is 5.48. The fourth-order valence-corrected chi connectivity index (χ4v) is 5.25. The number of rotatable bonds is 10. The lowest BCUT2D eigenvalue weighted by atomic mass is 9.94. The highest BCUT2D eigenvalue weighted by Gasteiger charge is 2.30. The minimum absolute atomic E-state index is 0.0851. The summed E-state index contributed by atoms with van der Waals surface area (Å²) in [6, 6.07) is 15.3. The third kappa shape index (κ3) is 5.41. The fourth-order valence-electron chi connectivity index (χ4n) is 5.25. The minimum Gasteiger partial charge on any atom is -0.480 e. The number of carbonyl (C=O) groups excluding carboxylic acids is 2. The van der Waals surface area contributed by atoms with Crippen molar-refractivity contribution in [1.82, 2.24) is 10.2 Å². The zero-order chi connectivity index (χ0) is 23.9. The van der Waals surface area contributed by atoms with Crippen LogP contribution >= 0.6 is 0 Å². The highest BCUT2D eigenvalue weighted by Crippen LogP contribution is 2.44. The second-order valence-corrected chi connectivity index (χ2v) is 9.14. The van der Waals surface area contributed by atoms with E-state index in [1.54, 1.807) is 4.90 Å². The Kier molecular flexibility index (Phi) is 7.83. The van der Waals surface area contributed by atoms with Crippen molar-refractivity contribution in [2.75, 3.05) is 13.2 Å². The van der Waals surface area contributed by atoms with E-state index in [1.807, 2.05) is 36.4 Å². The Morgan fingerprint density at radius 2 is 1.65 bits per heavy atom. The first-order chi connectivity index (χ1) is 16.6. The number of nitrogens with one attached hydrogen (secondary N) is 1. The molecular weight excluding hydrogens is 432 g/mol. The van der Waals surface area contributed by atoms with Gasteiger partial charge in [-0.25, -0.2) is 9.59 Å². The second kappa shape index (κ2) is 11.2. The van der Waals surface area contributed by atoms with E-state index in [0.717, 1.165) is 54.3 Å². The van der Waals surface area contributed by atoms with Crippen molar-refractivity contribution >= 4 is 18.5 Å². The number of carbonyl (C=O) groups is 3. The monoisotopic (exact) mass is 464 g/mol. The van der Waals surface area contributed by atoms with Gasteiger partial charge in [-0.05, 0) is 47.9 Å². The van der Waals surface area contributed by atoms with Crippen molar-refractivity contribution in [1.29, 1.82) is 0 Å². The molecule has 34 heavy (non-hydrogen) atoms. The van der Waals surface area contributed by atoms with Crippen LogP contribution in [0.3, 0.4) is 0 Å². The van der Waals surface area contributed by atoms with Crippen LogP contribution in [0.1, 0.15) is 62.0 Å². The molecule has 1 fully saturated rings. The lowest BCUT2D eigenvalue weighted by Crippen LogP contribution is -2.42. The van der Waals surface area contributed by atoms with Crippen molar-refractivity contribution < 1.29 is 24.2 Å². The number of carboxylic acid groups (broad SMARTS) is 1. The summed E-state index contributed by atoms with van der Waals surface area (Å²) in [7, 11) is 0. The van der Waals surface area contributed by atoms with Crippen LogP contribution in [0.2, 0.25) is 0 Å². The molecule has 1 atom stereocenters. The molecule has 0 heterocycles. The molecule has 0 aliphatic heterocycles. The summed E-state index contributed by atoms with van der Waals surface area (Å²) in [6.45, 7) is 0.622. The van der Waals surface area contributed by atoms with Crippen molar-refractivity contribution in [3.05, 3.63) is 59.7 Å². The van der Waals surface area contributed by atoms with Crippen LogP contribution in [0.25, 0.3) is 11.1 Å². The van der Waals surface area contributed by atoms with E-state index < -0.39 is 18.1 Å². The largest absolute Gasteiger partial charge is 0.480 e. The summed E-state index contributed by atoms with van der Waals surface area (Å²) in [5.74, 6) is -1.19. The average Bonchev–Trinajstić information content (AvgIpc) is 3.19. The fraction of sp³-hybridized carbons (Fsp3) is 0.444. The van der Waals surface area contributed by atoms with E-state index in [4.69, 9.17) is 4.74 Å². The third-order valence-electron chi connectivity index (χ3n) is 7.02. The summed E-state index contributed by atoms with van der Waals surface area (Å²) >= 11 is 0. The van der Waals surface area contributed by atoms with Gasteiger partial charge in [0.15, 0.2) is 0 Å². The molecule has 2 amide bonds. The van der Waals surface area contributed by atoms with Gasteiger partial charge in [-0.15, -0.1) is 0 Å². The summed E-state index contributed by atoms with van der Waals surface area (Å²) in [5, 5.41) is 12.1. The number of benzene rings is 2. The number of nitrogens with zero attached hydrogens (tertiary/aromatic N) is 1. The molecule has 2 aromatic rings. The van der Waals surface area contributed by atoms with Gasteiger partial charge in [-0.2, -0.15) is 0 Å². The molecule has 1 saturated carbocycles. The number of ether oxygens (including phenoxy) is 1.